The van der Waals surface area contributed by atoms with Gasteiger partial charge in [-0.25, -0.2) is 4.79 Å². The maximum Gasteiger partial charge on any atom is 0.337 e. The number of nitrogens with zero attached hydrogens (tertiary/aromatic N) is 1. The van der Waals surface area contributed by atoms with Crippen molar-refractivity contribution in [2.45, 2.75) is 37.5 Å². The lowest BCUT2D eigenvalue weighted by Crippen LogP contribution is -2.28. The van der Waals surface area contributed by atoms with Gasteiger partial charge in [0.1, 0.15) is 0 Å². The molecule has 2 atom stereocenters. The van der Waals surface area contributed by atoms with Crippen molar-refractivity contribution in [3.05, 3.63) is 34.2 Å². The highest BCUT2D eigenvalue weighted by Crippen LogP contribution is 2.37. The first kappa shape index (κ1) is 13.2. The summed E-state index contributed by atoms with van der Waals surface area (Å²) in [6, 6.07) is 2.87. The van der Waals surface area contributed by atoms with Crippen LogP contribution in [0.4, 0.5) is 0 Å². The van der Waals surface area contributed by atoms with E-state index in [-0.39, 0.29) is 17.2 Å². The number of aromatic carboxylic acids is 1. The van der Waals surface area contributed by atoms with E-state index < -0.39 is 5.97 Å². The molecular weight excluding hydrogens is 250 g/mol. The van der Waals surface area contributed by atoms with Crippen LogP contribution in [-0.2, 0) is 0 Å². The predicted molar refractivity (Wildman–Crippen MR) is 72.5 cm³/mol. The van der Waals surface area contributed by atoms with E-state index >= 15 is 0 Å². The summed E-state index contributed by atoms with van der Waals surface area (Å²) in [6.07, 6.45) is 4.66. The first-order valence-electron chi connectivity index (χ1n) is 6.20. The summed E-state index contributed by atoms with van der Waals surface area (Å²) in [5, 5.41) is 9.42. The Morgan fingerprint density at radius 3 is 2.94 bits per heavy atom. The first-order valence-corrected chi connectivity index (χ1v) is 7.25. The van der Waals surface area contributed by atoms with Crippen LogP contribution in [0.25, 0.3) is 0 Å². The Morgan fingerprint density at radius 1 is 1.50 bits per heavy atom. The number of pyridine rings is 1. The summed E-state index contributed by atoms with van der Waals surface area (Å²) in [4.78, 5) is 22.9. The molecule has 2 unspecified atom stereocenters. The molecule has 98 valence electrons. The van der Waals surface area contributed by atoms with Gasteiger partial charge >= 0.3 is 5.97 Å². The molecule has 0 spiro atoms. The number of rotatable bonds is 4. The van der Waals surface area contributed by atoms with Gasteiger partial charge in [0.15, 0.2) is 0 Å². The highest BCUT2D eigenvalue weighted by atomic mass is 32.2. The zero-order valence-electron chi connectivity index (χ0n) is 10.3. The van der Waals surface area contributed by atoms with Crippen LogP contribution in [0.5, 0.6) is 0 Å². The van der Waals surface area contributed by atoms with Crippen LogP contribution < -0.4 is 5.56 Å². The quantitative estimate of drug-likeness (QED) is 0.910. The van der Waals surface area contributed by atoms with E-state index in [1.54, 1.807) is 4.57 Å². The van der Waals surface area contributed by atoms with E-state index in [0.717, 1.165) is 25.0 Å². The summed E-state index contributed by atoms with van der Waals surface area (Å²) < 4.78 is 1.61. The van der Waals surface area contributed by atoms with Gasteiger partial charge in [-0.1, -0.05) is 13.3 Å². The predicted octanol–water partition coefficient (Wildman–Crippen LogP) is 2.39. The number of hydrogen-bond donors (Lipinski definition) is 1. The minimum absolute atomic E-state index is 0.103. The topological polar surface area (TPSA) is 59.3 Å². The third kappa shape index (κ3) is 2.61. The van der Waals surface area contributed by atoms with Crippen molar-refractivity contribution in [2.24, 2.45) is 0 Å². The molecule has 1 fully saturated rings. The molecule has 0 aromatic carbocycles. The molecule has 1 aromatic rings. The molecule has 1 aromatic heterocycles. The smallest absolute Gasteiger partial charge is 0.337 e. The fourth-order valence-corrected chi connectivity index (χ4v) is 3.77. The van der Waals surface area contributed by atoms with E-state index in [4.69, 9.17) is 5.11 Å². The van der Waals surface area contributed by atoms with Gasteiger partial charge in [0, 0.05) is 23.6 Å². The Morgan fingerprint density at radius 2 is 2.28 bits per heavy atom. The lowest BCUT2D eigenvalue weighted by molar-refractivity contribution is 0.0695. The summed E-state index contributed by atoms with van der Waals surface area (Å²) in [5.74, 6) is 0.0376. The molecule has 1 aliphatic carbocycles. The maximum atomic E-state index is 11.9. The van der Waals surface area contributed by atoms with Crippen LogP contribution in [-0.4, -0.2) is 26.6 Å². The van der Waals surface area contributed by atoms with Gasteiger partial charge in [-0.05, 0) is 24.7 Å². The van der Waals surface area contributed by atoms with Crippen LogP contribution in [0.2, 0.25) is 0 Å². The van der Waals surface area contributed by atoms with Gasteiger partial charge in [0.25, 0.3) is 5.56 Å². The molecular formula is C13H17NO3S. The first-order chi connectivity index (χ1) is 8.63. The van der Waals surface area contributed by atoms with Crippen LogP contribution in [0.15, 0.2) is 23.1 Å². The Kier molecular flexibility index (Phi) is 4.11. The van der Waals surface area contributed by atoms with Gasteiger partial charge in [-0.15, -0.1) is 0 Å². The van der Waals surface area contributed by atoms with Gasteiger partial charge in [-0.2, -0.15) is 11.8 Å². The number of aromatic nitrogens is 1. The maximum absolute atomic E-state index is 11.9. The summed E-state index contributed by atoms with van der Waals surface area (Å²) in [6.45, 7) is 2.11. The average Bonchev–Trinajstić information content (AvgIpc) is 2.78. The number of carbonyl (C=O) groups is 1. The summed E-state index contributed by atoms with van der Waals surface area (Å²) in [5.41, 5.74) is 0.0790. The zero-order chi connectivity index (χ0) is 13.1. The third-order valence-corrected chi connectivity index (χ3v) is 4.65. The molecule has 0 saturated heterocycles. The normalized spacial score (nSPS) is 23.2. The average molecular weight is 267 g/mol. The van der Waals surface area contributed by atoms with E-state index in [0.29, 0.717) is 5.25 Å². The second-order valence-electron chi connectivity index (χ2n) is 4.46. The summed E-state index contributed by atoms with van der Waals surface area (Å²) >= 11 is 1.86. The van der Waals surface area contributed by atoms with Crippen molar-refractivity contribution >= 4 is 17.7 Å². The lowest BCUT2D eigenvalue weighted by atomic mass is 10.2. The number of carboxylic acid groups (broad SMARTS) is 1. The van der Waals surface area contributed by atoms with Gasteiger partial charge in [0.2, 0.25) is 0 Å². The fraction of sp³-hybridized carbons (Fsp3) is 0.538. The van der Waals surface area contributed by atoms with Crippen molar-refractivity contribution in [2.75, 3.05) is 5.75 Å². The SMILES string of the molecule is CCSC1CCCC1n1cc(C(=O)O)ccc1=O. The van der Waals surface area contributed by atoms with Gasteiger partial charge in [0.05, 0.1) is 5.56 Å². The van der Waals surface area contributed by atoms with E-state index in [1.807, 2.05) is 11.8 Å². The van der Waals surface area contributed by atoms with Crippen LogP contribution >= 0.6 is 11.8 Å². The Bertz CT molecular complexity index is 497. The third-order valence-electron chi connectivity index (χ3n) is 3.34. The van der Waals surface area contributed by atoms with Gasteiger partial charge < -0.3 is 9.67 Å². The van der Waals surface area contributed by atoms with Gasteiger partial charge in [-0.3, -0.25) is 4.79 Å². The molecule has 5 heteroatoms. The summed E-state index contributed by atoms with van der Waals surface area (Å²) in [7, 11) is 0. The van der Waals surface area contributed by atoms with E-state index in [2.05, 4.69) is 6.92 Å². The molecule has 0 aliphatic heterocycles. The van der Waals surface area contributed by atoms with Crippen LogP contribution in [0.1, 0.15) is 42.6 Å². The van der Waals surface area contributed by atoms with Crippen molar-refractivity contribution in [3.63, 3.8) is 0 Å². The Labute approximate surface area is 110 Å². The molecule has 0 radical (unpaired) electrons. The Balaban J connectivity index is 2.34. The minimum atomic E-state index is -0.985. The molecule has 2 rings (SSSR count). The molecule has 18 heavy (non-hydrogen) atoms. The number of hydrogen-bond acceptors (Lipinski definition) is 3. The second-order valence-corrected chi connectivity index (χ2v) is 5.98. The molecule has 0 bridgehead atoms. The fourth-order valence-electron chi connectivity index (χ4n) is 2.52. The van der Waals surface area contributed by atoms with Crippen molar-refractivity contribution in [1.29, 1.82) is 0 Å². The van der Waals surface area contributed by atoms with Crippen LogP contribution in [0.3, 0.4) is 0 Å². The molecule has 1 N–H and O–H groups in total. The molecule has 4 nitrogen and oxygen atoms in total. The molecule has 0 amide bonds. The standard InChI is InChI=1S/C13H17NO3S/c1-2-18-11-5-3-4-10(11)14-8-9(13(16)17)6-7-12(14)15/h6-8,10-11H,2-5H2,1H3,(H,16,17). The zero-order valence-corrected chi connectivity index (χ0v) is 11.2. The van der Waals surface area contributed by atoms with E-state index in [9.17, 15) is 9.59 Å². The highest BCUT2D eigenvalue weighted by molar-refractivity contribution is 7.99. The molecule has 1 saturated carbocycles. The monoisotopic (exact) mass is 267 g/mol. The van der Waals surface area contributed by atoms with Crippen molar-refractivity contribution in [3.8, 4) is 0 Å². The number of thioether (sulfide) groups is 1. The van der Waals surface area contributed by atoms with Crippen LogP contribution in [0, 0.1) is 0 Å². The minimum Gasteiger partial charge on any atom is -0.478 e. The van der Waals surface area contributed by atoms with E-state index in [1.165, 1.54) is 18.3 Å². The molecule has 1 aliphatic rings. The lowest BCUT2D eigenvalue weighted by Gasteiger charge is -2.21. The number of carboxylic acids is 1. The highest BCUT2D eigenvalue weighted by Gasteiger charge is 2.29. The van der Waals surface area contributed by atoms with Crippen molar-refractivity contribution in [1.82, 2.24) is 4.57 Å². The largest absolute Gasteiger partial charge is 0.478 e. The second kappa shape index (κ2) is 5.61. The Hall–Kier alpha value is -1.23. The van der Waals surface area contributed by atoms with Crippen molar-refractivity contribution < 1.29 is 9.90 Å². The molecule has 1 heterocycles.